The fourth-order valence-corrected chi connectivity index (χ4v) is 1.90. The second-order valence-corrected chi connectivity index (χ2v) is 4.09. The fraction of sp³-hybridized carbons (Fsp3) is 0.909. The Labute approximate surface area is 91.8 Å². The highest BCUT2D eigenvalue weighted by molar-refractivity contribution is 5.76. The van der Waals surface area contributed by atoms with Crippen molar-refractivity contribution in [2.24, 2.45) is 5.73 Å². The molecule has 0 bridgehead atoms. The third kappa shape index (κ3) is 4.18. The standard InChI is InChI=1S/C11H22N2O2/c1-15-10-6-8-13(9-10)11(14)5-3-2-4-7-12/h10H,2-9,12H2,1H3. The maximum Gasteiger partial charge on any atom is 0.222 e. The van der Waals surface area contributed by atoms with Crippen LogP contribution in [-0.2, 0) is 9.53 Å². The molecule has 2 N–H and O–H groups in total. The van der Waals surface area contributed by atoms with Gasteiger partial charge >= 0.3 is 0 Å². The minimum Gasteiger partial charge on any atom is -0.380 e. The highest BCUT2D eigenvalue weighted by Crippen LogP contribution is 2.14. The third-order valence-electron chi connectivity index (χ3n) is 2.93. The summed E-state index contributed by atoms with van der Waals surface area (Å²) >= 11 is 0. The molecule has 15 heavy (non-hydrogen) atoms. The number of carbonyl (C=O) groups is 1. The van der Waals surface area contributed by atoms with Crippen LogP contribution in [0.3, 0.4) is 0 Å². The zero-order valence-corrected chi connectivity index (χ0v) is 9.58. The largest absolute Gasteiger partial charge is 0.380 e. The van der Waals surface area contributed by atoms with Crippen molar-refractivity contribution in [2.45, 2.75) is 38.2 Å². The van der Waals surface area contributed by atoms with Crippen LogP contribution >= 0.6 is 0 Å². The lowest BCUT2D eigenvalue weighted by Crippen LogP contribution is -2.29. The van der Waals surface area contributed by atoms with Gasteiger partial charge in [0.15, 0.2) is 0 Å². The number of carbonyl (C=O) groups excluding carboxylic acids is 1. The van der Waals surface area contributed by atoms with E-state index in [1.165, 1.54) is 0 Å². The summed E-state index contributed by atoms with van der Waals surface area (Å²) < 4.78 is 5.22. The molecule has 1 saturated heterocycles. The van der Waals surface area contributed by atoms with Gasteiger partial charge in [0.2, 0.25) is 5.91 Å². The summed E-state index contributed by atoms with van der Waals surface area (Å²) in [6.45, 7) is 2.35. The van der Waals surface area contributed by atoms with Gasteiger partial charge in [-0.05, 0) is 25.8 Å². The van der Waals surface area contributed by atoms with Crippen LogP contribution in [0.2, 0.25) is 0 Å². The second kappa shape index (κ2) is 6.80. The molecule has 1 unspecified atom stereocenters. The van der Waals surface area contributed by atoms with E-state index in [0.29, 0.717) is 6.42 Å². The Kier molecular flexibility index (Phi) is 5.65. The van der Waals surface area contributed by atoms with E-state index in [9.17, 15) is 4.79 Å². The van der Waals surface area contributed by atoms with E-state index in [1.807, 2.05) is 4.90 Å². The lowest BCUT2D eigenvalue weighted by Gasteiger charge is -2.15. The second-order valence-electron chi connectivity index (χ2n) is 4.09. The first kappa shape index (κ1) is 12.5. The Morgan fingerprint density at radius 1 is 1.47 bits per heavy atom. The zero-order chi connectivity index (χ0) is 11.1. The van der Waals surface area contributed by atoms with Crippen LogP contribution in [0.4, 0.5) is 0 Å². The first-order chi connectivity index (χ1) is 7.27. The molecule has 88 valence electrons. The van der Waals surface area contributed by atoms with E-state index in [0.717, 1.165) is 45.3 Å². The van der Waals surface area contributed by atoms with Crippen molar-refractivity contribution in [3.05, 3.63) is 0 Å². The highest BCUT2D eigenvalue weighted by atomic mass is 16.5. The number of ether oxygens (including phenoxy) is 1. The van der Waals surface area contributed by atoms with Crippen molar-refractivity contribution in [3.8, 4) is 0 Å². The summed E-state index contributed by atoms with van der Waals surface area (Å²) in [4.78, 5) is 13.6. The van der Waals surface area contributed by atoms with Crippen LogP contribution in [0.15, 0.2) is 0 Å². The highest BCUT2D eigenvalue weighted by Gasteiger charge is 2.25. The maximum absolute atomic E-state index is 11.7. The molecule has 1 aliphatic heterocycles. The summed E-state index contributed by atoms with van der Waals surface area (Å²) in [5, 5.41) is 0. The van der Waals surface area contributed by atoms with Gasteiger partial charge in [-0.1, -0.05) is 6.42 Å². The van der Waals surface area contributed by atoms with Crippen LogP contribution in [0.1, 0.15) is 32.1 Å². The van der Waals surface area contributed by atoms with E-state index in [1.54, 1.807) is 7.11 Å². The van der Waals surface area contributed by atoms with Gasteiger partial charge in [0.25, 0.3) is 0 Å². The number of likely N-dealkylation sites (tertiary alicyclic amines) is 1. The van der Waals surface area contributed by atoms with Crippen LogP contribution in [0.5, 0.6) is 0 Å². The lowest BCUT2D eigenvalue weighted by atomic mass is 10.2. The van der Waals surface area contributed by atoms with E-state index in [4.69, 9.17) is 10.5 Å². The molecule has 1 fully saturated rings. The van der Waals surface area contributed by atoms with Gasteiger partial charge in [0.1, 0.15) is 0 Å². The molecule has 0 saturated carbocycles. The summed E-state index contributed by atoms with van der Waals surface area (Å²) in [6, 6.07) is 0. The summed E-state index contributed by atoms with van der Waals surface area (Å²) in [6.07, 6.45) is 4.93. The predicted molar refractivity (Wildman–Crippen MR) is 59.5 cm³/mol. The molecule has 4 nitrogen and oxygen atoms in total. The molecule has 0 radical (unpaired) electrons. The molecular weight excluding hydrogens is 192 g/mol. The predicted octanol–water partition coefficient (Wildman–Crippen LogP) is 0.753. The first-order valence-electron chi connectivity index (χ1n) is 5.78. The van der Waals surface area contributed by atoms with Crippen molar-refractivity contribution >= 4 is 5.91 Å². The molecule has 0 spiro atoms. The normalized spacial score (nSPS) is 20.9. The molecule has 1 amide bonds. The molecule has 1 rings (SSSR count). The number of hydrogen-bond acceptors (Lipinski definition) is 3. The van der Waals surface area contributed by atoms with E-state index in [-0.39, 0.29) is 12.0 Å². The maximum atomic E-state index is 11.7. The van der Waals surface area contributed by atoms with E-state index >= 15 is 0 Å². The SMILES string of the molecule is COC1CCN(C(=O)CCCCCN)C1. The van der Waals surface area contributed by atoms with Crippen molar-refractivity contribution < 1.29 is 9.53 Å². The molecule has 0 aromatic carbocycles. The number of amides is 1. The van der Waals surface area contributed by atoms with Crippen LogP contribution in [0.25, 0.3) is 0 Å². The van der Waals surface area contributed by atoms with Gasteiger partial charge in [-0.25, -0.2) is 0 Å². The van der Waals surface area contributed by atoms with Crippen LogP contribution in [0, 0.1) is 0 Å². The molecule has 1 aliphatic rings. The van der Waals surface area contributed by atoms with Gasteiger partial charge in [0, 0.05) is 26.6 Å². The average Bonchev–Trinajstić information content (AvgIpc) is 2.72. The molecule has 0 aromatic heterocycles. The number of methoxy groups -OCH3 is 1. The first-order valence-corrected chi connectivity index (χ1v) is 5.78. The Hall–Kier alpha value is -0.610. The number of nitrogens with two attached hydrogens (primary N) is 1. The Bertz CT molecular complexity index is 197. The monoisotopic (exact) mass is 214 g/mol. The molecule has 0 aliphatic carbocycles. The van der Waals surface area contributed by atoms with Gasteiger partial charge in [-0.3, -0.25) is 4.79 Å². The van der Waals surface area contributed by atoms with Crippen molar-refractivity contribution in [2.75, 3.05) is 26.7 Å². The van der Waals surface area contributed by atoms with Crippen molar-refractivity contribution in [3.63, 3.8) is 0 Å². The van der Waals surface area contributed by atoms with Gasteiger partial charge in [0.05, 0.1) is 6.10 Å². The number of unbranched alkanes of at least 4 members (excludes halogenated alkanes) is 2. The summed E-state index contributed by atoms with van der Waals surface area (Å²) in [7, 11) is 1.71. The van der Waals surface area contributed by atoms with Crippen LogP contribution in [-0.4, -0.2) is 43.7 Å². The average molecular weight is 214 g/mol. The Morgan fingerprint density at radius 3 is 2.87 bits per heavy atom. The fourth-order valence-electron chi connectivity index (χ4n) is 1.90. The third-order valence-corrected chi connectivity index (χ3v) is 2.93. The molecule has 4 heteroatoms. The summed E-state index contributed by atoms with van der Waals surface area (Å²) in [5.41, 5.74) is 5.39. The van der Waals surface area contributed by atoms with Gasteiger partial charge < -0.3 is 15.4 Å². The number of rotatable bonds is 6. The molecular formula is C11H22N2O2. The smallest absolute Gasteiger partial charge is 0.222 e. The Balaban J connectivity index is 2.12. The van der Waals surface area contributed by atoms with Gasteiger partial charge in [-0.2, -0.15) is 0 Å². The van der Waals surface area contributed by atoms with Crippen molar-refractivity contribution in [1.82, 2.24) is 4.90 Å². The summed E-state index contributed by atoms with van der Waals surface area (Å²) in [5.74, 6) is 0.270. The molecule has 0 aromatic rings. The molecule has 1 atom stereocenters. The number of nitrogens with zero attached hydrogens (tertiary/aromatic N) is 1. The van der Waals surface area contributed by atoms with Crippen LogP contribution < -0.4 is 5.73 Å². The minimum absolute atomic E-state index is 0.248. The topological polar surface area (TPSA) is 55.6 Å². The van der Waals surface area contributed by atoms with Gasteiger partial charge in [-0.15, -0.1) is 0 Å². The lowest BCUT2D eigenvalue weighted by molar-refractivity contribution is -0.130. The van der Waals surface area contributed by atoms with E-state index < -0.39 is 0 Å². The zero-order valence-electron chi connectivity index (χ0n) is 9.58. The van der Waals surface area contributed by atoms with E-state index in [2.05, 4.69) is 0 Å². The quantitative estimate of drug-likeness (QED) is 0.664. The Morgan fingerprint density at radius 2 is 2.27 bits per heavy atom. The van der Waals surface area contributed by atoms with Crippen molar-refractivity contribution in [1.29, 1.82) is 0 Å². The molecule has 1 heterocycles. The minimum atomic E-state index is 0.248. The number of hydrogen-bond donors (Lipinski definition) is 1.